The minimum absolute atomic E-state index is 0.0374. The van der Waals surface area contributed by atoms with Gasteiger partial charge in [-0.1, -0.05) is 12.1 Å². The molecule has 1 saturated heterocycles. The Morgan fingerprint density at radius 2 is 1.88 bits per heavy atom. The van der Waals surface area contributed by atoms with Crippen molar-refractivity contribution in [3.8, 4) is 5.69 Å². The molecule has 7 nitrogen and oxygen atoms in total. The molecule has 172 valence electrons. The summed E-state index contributed by atoms with van der Waals surface area (Å²) < 4.78 is 52.8. The van der Waals surface area contributed by atoms with Crippen LogP contribution in [0.3, 0.4) is 0 Å². The molecule has 2 aliphatic rings. The zero-order chi connectivity index (χ0) is 23.3. The number of pyridine rings is 1. The van der Waals surface area contributed by atoms with Crippen LogP contribution >= 0.6 is 0 Å². The molecule has 1 amide bonds. The first-order valence-corrected chi connectivity index (χ1v) is 10.5. The van der Waals surface area contributed by atoms with Crippen LogP contribution in [0.25, 0.3) is 5.69 Å². The van der Waals surface area contributed by atoms with Gasteiger partial charge in [0.2, 0.25) is 0 Å². The Kier molecular flexibility index (Phi) is 5.06. The zero-order valence-corrected chi connectivity index (χ0v) is 17.5. The van der Waals surface area contributed by atoms with Crippen molar-refractivity contribution in [3.63, 3.8) is 0 Å². The van der Waals surface area contributed by atoms with Crippen LogP contribution in [-0.4, -0.2) is 48.9 Å². The predicted molar refractivity (Wildman–Crippen MR) is 110 cm³/mol. The van der Waals surface area contributed by atoms with E-state index in [1.165, 1.54) is 17.2 Å². The second kappa shape index (κ2) is 7.82. The highest BCUT2D eigenvalue weighted by Gasteiger charge is 2.52. The van der Waals surface area contributed by atoms with Gasteiger partial charge in [0.15, 0.2) is 11.6 Å². The minimum atomic E-state index is -4.67. The molecular formula is C22H20F4N6O. The third-order valence-electron chi connectivity index (χ3n) is 6.54. The van der Waals surface area contributed by atoms with Gasteiger partial charge < -0.3 is 10.2 Å². The molecule has 0 spiro atoms. The van der Waals surface area contributed by atoms with Crippen molar-refractivity contribution in [2.24, 2.45) is 5.92 Å². The highest BCUT2D eigenvalue weighted by molar-refractivity contribution is 5.98. The first kappa shape index (κ1) is 21.4. The van der Waals surface area contributed by atoms with Crippen molar-refractivity contribution in [1.29, 1.82) is 0 Å². The van der Waals surface area contributed by atoms with Crippen molar-refractivity contribution in [3.05, 3.63) is 65.9 Å². The van der Waals surface area contributed by atoms with E-state index < -0.39 is 17.6 Å². The Morgan fingerprint density at radius 1 is 1.15 bits per heavy atom. The van der Waals surface area contributed by atoms with Gasteiger partial charge in [-0.25, -0.2) is 9.37 Å². The van der Waals surface area contributed by atoms with E-state index >= 15 is 0 Å². The fourth-order valence-electron chi connectivity index (χ4n) is 4.96. The van der Waals surface area contributed by atoms with E-state index in [1.54, 1.807) is 29.2 Å². The zero-order valence-electron chi connectivity index (χ0n) is 17.5. The Balaban J connectivity index is 1.40. The summed E-state index contributed by atoms with van der Waals surface area (Å²) in [4.78, 5) is 20.4. The van der Waals surface area contributed by atoms with Crippen molar-refractivity contribution < 1.29 is 22.4 Å². The molecular weight excluding hydrogens is 440 g/mol. The van der Waals surface area contributed by atoms with Gasteiger partial charge in [0.05, 0.1) is 35.2 Å². The molecule has 2 bridgehead atoms. The van der Waals surface area contributed by atoms with Crippen molar-refractivity contribution in [1.82, 2.24) is 24.9 Å². The van der Waals surface area contributed by atoms with E-state index in [1.807, 2.05) is 6.92 Å². The highest BCUT2D eigenvalue weighted by Crippen LogP contribution is 2.44. The predicted octanol–water partition coefficient (Wildman–Crippen LogP) is 3.92. The number of fused-ring (bicyclic) bond motifs is 2. The summed E-state index contributed by atoms with van der Waals surface area (Å²) in [7, 11) is 0. The van der Waals surface area contributed by atoms with Crippen LogP contribution < -0.4 is 5.32 Å². The molecule has 11 heteroatoms. The lowest BCUT2D eigenvalue weighted by atomic mass is 9.96. The maximum absolute atomic E-state index is 14.4. The number of hydrogen-bond donors (Lipinski definition) is 1. The van der Waals surface area contributed by atoms with Crippen molar-refractivity contribution in [2.75, 3.05) is 5.32 Å². The van der Waals surface area contributed by atoms with E-state index in [-0.39, 0.29) is 35.8 Å². The fourth-order valence-corrected chi connectivity index (χ4v) is 4.96. The summed E-state index contributed by atoms with van der Waals surface area (Å²) in [5.74, 6) is -1.34. The van der Waals surface area contributed by atoms with Crippen LogP contribution in [0.1, 0.15) is 35.7 Å². The third-order valence-corrected chi connectivity index (χ3v) is 6.54. The van der Waals surface area contributed by atoms with Gasteiger partial charge in [-0.05, 0) is 43.9 Å². The van der Waals surface area contributed by atoms with Crippen molar-refractivity contribution >= 4 is 11.7 Å². The monoisotopic (exact) mass is 460 g/mol. The number of likely N-dealkylation sites (tertiary alicyclic amines) is 1. The number of carbonyl (C=O) groups is 1. The van der Waals surface area contributed by atoms with Crippen LogP contribution in [-0.2, 0) is 6.18 Å². The van der Waals surface area contributed by atoms with Crippen LogP contribution in [0.2, 0.25) is 0 Å². The number of nitrogens with zero attached hydrogens (tertiary/aromatic N) is 5. The van der Waals surface area contributed by atoms with E-state index in [4.69, 9.17) is 0 Å². The number of carbonyl (C=O) groups excluding carboxylic acids is 1. The summed E-state index contributed by atoms with van der Waals surface area (Å²) >= 11 is 0. The lowest BCUT2D eigenvalue weighted by Gasteiger charge is -2.38. The molecule has 1 N–H and O–H groups in total. The van der Waals surface area contributed by atoms with Crippen LogP contribution in [0.15, 0.2) is 48.9 Å². The second-order valence-electron chi connectivity index (χ2n) is 8.39. The molecule has 1 aliphatic heterocycles. The van der Waals surface area contributed by atoms with Crippen molar-refractivity contribution in [2.45, 2.75) is 44.1 Å². The number of para-hydroxylation sites is 1. The largest absolute Gasteiger partial charge is 0.417 e. The smallest absolute Gasteiger partial charge is 0.363 e. The van der Waals surface area contributed by atoms with Gasteiger partial charge in [-0.15, -0.1) is 0 Å². The topological polar surface area (TPSA) is 75.9 Å². The lowest BCUT2D eigenvalue weighted by molar-refractivity contribution is -0.138. The third kappa shape index (κ3) is 3.70. The van der Waals surface area contributed by atoms with Gasteiger partial charge in [-0.3, -0.25) is 4.79 Å². The fraction of sp³-hybridized carbons (Fsp3) is 0.364. The molecule has 3 aromatic rings. The lowest BCUT2D eigenvalue weighted by Crippen LogP contribution is -2.51. The number of aromatic nitrogens is 4. The summed E-state index contributed by atoms with van der Waals surface area (Å²) in [6.07, 6.45) is 0.363. The number of amides is 1. The molecule has 5 rings (SSSR count). The number of alkyl halides is 3. The molecule has 1 saturated carbocycles. The standard InChI is InChI=1S/C22H20F4N6O/c1-12-13-8-17(30-20-16(23)10-14(11-27-20)22(24,25)26)19(9-13)31(12)21(33)15-4-2-3-5-18(15)32-28-6-7-29-32/h2-7,10-13,17,19H,8-9H2,1H3,(H,27,30)/t12-,13-,17-,19+/m1/s1. The number of rotatable bonds is 4. The first-order valence-electron chi connectivity index (χ1n) is 10.5. The SMILES string of the molecule is C[C@@H]1[C@@H]2C[C@@H](Nc3ncc(C(F)(F)F)cc3F)[C@H](C2)N1C(=O)c1ccccc1-n1nccn1. The number of benzene rings is 1. The summed E-state index contributed by atoms with van der Waals surface area (Å²) in [6.45, 7) is 1.98. The Morgan fingerprint density at radius 3 is 2.55 bits per heavy atom. The summed E-state index contributed by atoms with van der Waals surface area (Å²) in [5, 5.41) is 11.2. The quantitative estimate of drug-likeness (QED) is 0.598. The summed E-state index contributed by atoms with van der Waals surface area (Å²) in [6, 6.07) is 6.83. The molecule has 2 aromatic heterocycles. The average Bonchev–Trinajstić information content (AvgIpc) is 3.51. The molecule has 2 fully saturated rings. The molecule has 4 atom stereocenters. The first-order chi connectivity index (χ1) is 15.7. The maximum Gasteiger partial charge on any atom is 0.417 e. The number of hydrogen-bond acceptors (Lipinski definition) is 5. The molecule has 3 heterocycles. The van der Waals surface area contributed by atoms with E-state index in [0.29, 0.717) is 29.9 Å². The average molecular weight is 460 g/mol. The molecule has 1 aromatic carbocycles. The van der Waals surface area contributed by atoms with E-state index in [0.717, 1.165) is 6.42 Å². The molecule has 1 aliphatic carbocycles. The molecule has 0 unspecified atom stereocenters. The van der Waals surface area contributed by atoms with Gasteiger partial charge in [0.1, 0.15) is 0 Å². The van der Waals surface area contributed by atoms with Gasteiger partial charge in [0.25, 0.3) is 5.91 Å². The summed E-state index contributed by atoms with van der Waals surface area (Å²) in [5.41, 5.74) is -0.166. The van der Waals surface area contributed by atoms with E-state index in [9.17, 15) is 22.4 Å². The second-order valence-corrected chi connectivity index (χ2v) is 8.39. The number of piperidine rings is 1. The van der Waals surface area contributed by atoms with Crippen LogP contribution in [0.4, 0.5) is 23.4 Å². The Labute approximate surface area is 186 Å². The number of anilines is 1. The minimum Gasteiger partial charge on any atom is -0.363 e. The van der Waals surface area contributed by atoms with Crippen LogP contribution in [0.5, 0.6) is 0 Å². The highest BCUT2D eigenvalue weighted by atomic mass is 19.4. The molecule has 33 heavy (non-hydrogen) atoms. The van der Waals surface area contributed by atoms with Gasteiger partial charge in [-0.2, -0.15) is 28.2 Å². The van der Waals surface area contributed by atoms with Crippen LogP contribution in [0, 0.1) is 11.7 Å². The van der Waals surface area contributed by atoms with Gasteiger partial charge >= 0.3 is 6.18 Å². The maximum atomic E-state index is 14.4. The molecule has 0 radical (unpaired) electrons. The van der Waals surface area contributed by atoms with E-state index in [2.05, 4.69) is 20.5 Å². The number of halogens is 4. The Hall–Kier alpha value is -3.50. The number of nitrogens with one attached hydrogen (secondary N) is 1. The normalized spacial score (nSPS) is 24.3. The Bertz CT molecular complexity index is 1180. The van der Waals surface area contributed by atoms with Gasteiger partial charge in [0, 0.05) is 18.3 Å².